The van der Waals surface area contributed by atoms with E-state index < -0.39 is 24.6 Å². The van der Waals surface area contributed by atoms with Gasteiger partial charge in [-0.1, -0.05) is 12.1 Å². The largest absolute Gasteiger partial charge is 0.481 e. The minimum atomic E-state index is -4.43. The van der Waals surface area contributed by atoms with E-state index >= 15 is 0 Å². The highest BCUT2D eigenvalue weighted by Gasteiger charge is 2.39. The smallest absolute Gasteiger partial charge is 0.410 e. The van der Waals surface area contributed by atoms with Gasteiger partial charge in [0.2, 0.25) is 0 Å². The molecule has 1 N–H and O–H groups in total. The van der Waals surface area contributed by atoms with E-state index in [9.17, 15) is 18.0 Å². The number of aromatic nitrogens is 3. The maximum Gasteiger partial charge on any atom is 0.410 e. The number of carbonyl (C=O) groups is 1. The van der Waals surface area contributed by atoms with Gasteiger partial charge in [-0.25, -0.2) is 4.68 Å². The van der Waals surface area contributed by atoms with Gasteiger partial charge in [-0.15, -0.1) is 5.10 Å². The molecule has 0 aliphatic rings. The van der Waals surface area contributed by atoms with Gasteiger partial charge in [0, 0.05) is 0 Å². The number of rotatable bonds is 4. The number of nitrogens with zero attached hydrogens (tertiary/aromatic N) is 3. The predicted molar refractivity (Wildman–Crippen MR) is 51.5 cm³/mol. The summed E-state index contributed by atoms with van der Waals surface area (Å²) in [7, 11) is 0. The highest BCUT2D eigenvalue weighted by atomic mass is 19.4. The van der Waals surface area contributed by atoms with Crippen LogP contribution in [0.1, 0.15) is 31.3 Å². The van der Waals surface area contributed by atoms with Gasteiger partial charge >= 0.3 is 12.1 Å². The SMILES string of the molecule is CCc1c(CC(=O)O)nnn1C(C)C(F)(F)F. The Labute approximate surface area is 95.2 Å². The normalized spacial score (nSPS) is 13.7. The molecule has 0 aromatic carbocycles. The Morgan fingerprint density at radius 3 is 2.53 bits per heavy atom. The molecule has 1 rings (SSSR count). The molecule has 0 saturated carbocycles. The lowest BCUT2D eigenvalue weighted by atomic mass is 10.2. The lowest BCUT2D eigenvalue weighted by Gasteiger charge is -2.17. The summed E-state index contributed by atoms with van der Waals surface area (Å²) in [6.07, 6.45) is -4.61. The zero-order chi connectivity index (χ0) is 13.2. The lowest BCUT2D eigenvalue weighted by molar-refractivity contribution is -0.166. The molecule has 0 amide bonds. The summed E-state index contributed by atoms with van der Waals surface area (Å²) in [6.45, 7) is 2.59. The Hall–Kier alpha value is -1.60. The van der Waals surface area contributed by atoms with Crippen molar-refractivity contribution in [1.29, 1.82) is 0 Å². The van der Waals surface area contributed by atoms with Crippen LogP contribution in [-0.2, 0) is 17.6 Å². The average molecular weight is 251 g/mol. The molecule has 0 aliphatic carbocycles. The third kappa shape index (κ3) is 2.95. The van der Waals surface area contributed by atoms with Crippen LogP contribution >= 0.6 is 0 Å². The second kappa shape index (κ2) is 4.72. The molecule has 1 aromatic rings. The predicted octanol–water partition coefficient (Wildman–Crippen LogP) is 1.59. The highest BCUT2D eigenvalue weighted by molar-refractivity contribution is 5.69. The Morgan fingerprint density at radius 2 is 2.12 bits per heavy atom. The molecule has 0 bridgehead atoms. The molecule has 17 heavy (non-hydrogen) atoms. The van der Waals surface area contributed by atoms with Crippen LogP contribution in [-0.4, -0.2) is 32.2 Å². The van der Waals surface area contributed by atoms with Crippen LogP contribution < -0.4 is 0 Å². The first-order valence-corrected chi connectivity index (χ1v) is 4.98. The highest BCUT2D eigenvalue weighted by Crippen LogP contribution is 2.30. The molecular formula is C9H12F3N3O2. The van der Waals surface area contributed by atoms with E-state index in [4.69, 9.17) is 5.11 Å². The van der Waals surface area contributed by atoms with Crippen LogP contribution in [0.15, 0.2) is 0 Å². The maximum absolute atomic E-state index is 12.5. The number of aliphatic carboxylic acids is 1. The monoisotopic (exact) mass is 251 g/mol. The third-order valence-electron chi connectivity index (χ3n) is 2.37. The summed E-state index contributed by atoms with van der Waals surface area (Å²) in [5.41, 5.74) is 0.285. The molecule has 0 spiro atoms. The van der Waals surface area contributed by atoms with Crippen molar-refractivity contribution in [3.05, 3.63) is 11.4 Å². The van der Waals surface area contributed by atoms with Gasteiger partial charge in [0.25, 0.3) is 0 Å². The van der Waals surface area contributed by atoms with Gasteiger partial charge in [-0.3, -0.25) is 4.79 Å². The first-order chi connectivity index (χ1) is 7.77. The molecule has 0 fully saturated rings. The molecular weight excluding hydrogens is 239 g/mol. The molecule has 0 aliphatic heterocycles. The lowest BCUT2D eigenvalue weighted by Crippen LogP contribution is -2.26. The van der Waals surface area contributed by atoms with Crippen molar-refractivity contribution in [1.82, 2.24) is 15.0 Å². The number of carboxylic acids is 1. The van der Waals surface area contributed by atoms with E-state index in [0.29, 0.717) is 0 Å². The van der Waals surface area contributed by atoms with Gasteiger partial charge in [0.05, 0.1) is 17.8 Å². The summed E-state index contributed by atoms with van der Waals surface area (Å²) >= 11 is 0. The summed E-state index contributed by atoms with van der Waals surface area (Å²) in [4.78, 5) is 10.5. The molecule has 1 aromatic heterocycles. The zero-order valence-corrected chi connectivity index (χ0v) is 9.32. The fourth-order valence-corrected chi connectivity index (χ4v) is 1.44. The number of halogens is 3. The van der Waals surface area contributed by atoms with Gasteiger partial charge < -0.3 is 5.11 Å². The Kier molecular flexibility index (Phi) is 3.74. The van der Waals surface area contributed by atoms with Crippen LogP contribution in [0.4, 0.5) is 13.2 Å². The maximum atomic E-state index is 12.5. The second-order valence-electron chi connectivity index (χ2n) is 3.57. The summed E-state index contributed by atoms with van der Waals surface area (Å²) < 4.78 is 38.3. The standard InChI is InChI=1S/C9H12F3N3O2/c1-3-7-6(4-8(16)17)13-14-15(7)5(2)9(10,11)12/h5H,3-4H2,1-2H3,(H,16,17). The first kappa shape index (κ1) is 13.5. The van der Waals surface area contributed by atoms with Crippen molar-refractivity contribution >= 4 is 5.97 Å². The summed E-state index contributed by atoms with van der Waals surface area (Å²) in [6, 6.07) is -1.81. The molecule has 1 unspecified atom stereocenters. The Balaban J connectivity index is 3.10. The van der Waals surface area contributed by atoms with Crippen molar-refractivity contribution in [3.63, 3.8) is 0 Å². The van der Waals surface area contributed by atoms with Gasteiger partial charge in [-0.05, 0) is 13.3 Å². The molecule has 1 heterocycles. The van der Waals surface area contributed by atoms with Crippen LogP contribution in [0.3, 0.4) is 0 Å². The topological polar surface area (TPSA) is 68.0 Å². The van der Waals surface area contributed by atoms with E-state index in [0.717, 1.165) is 11.6 Å². The fraction of sp³-hybridized carbons (Fsp3) is 0.667. The van der Waals surface area contributed by atoms with Crippen molar-refractivity contribution in [2.24, 2.45) is 0 Å². The number of carboxylic acid groups (broad SMARTS) is 1. The van der Waals surface area contributed by atoms with E-state index in [1.807, 2.05) is 0 Å². The fourth-order valence-electron chi connectivity index (χ4n) is 1.44. The van der Waals surface area contributed by atoms with Gasteiger partial charge in [0.15, 0.2) is 0 Å². The quantitative estimate of drug-likeness (QED) is 0.882. The molecule has 8 heteroatoms. The zero-order valence-electron chi connectivity index (χ0n) is 9.32. The minimum absolute atomic E-state index is 0.0797. The third-order valence-corrected chi connectivity index (χ3v) is 2.37. The van der Waals surface area contributed by atoms with Crippen LogP contribution in [0.25, 0.3) is 0 Å². The van der Waals surface area contributed by atoms with Crippen molar-refractivity contribution in [3.8, 4) is 0 Å². The van der Waals surface area contributed by atoms with Crippen molar-refractivity contribution < 1.29 is 23.1 Å². The van der Waals surface area contributed by atoms with Crippen molar-refractivity contribution in [2.45, 2.75) is 38.9 Å². The van der Waals surface area contributed by atoms with Gasteiger partial charge in [-0.2, -0.15) is 13.2 Å². The number of alkyl halides is 3. The van der Waals surface area contributed by atoms with Gasteiger partial charge in [0.1, 0.15) is 6.04 Å². The van der Waals surface area contributed by atoms with E-state index in [2.05, 4.69) is 10.3 Å². The van der Waals surface area contributed by atoms with E-state index in [-0.39, 0.29) is 17.8 Å². The molecule has 0 saturated heterocycles. The molecule has 96 valence electrons. The number of hydrogen-bond donors (Lipinski definition) is 1. The molecule has 1 atom stereocenters. The second-order valence-corrected chi connectivity index (χ2v) is 3.57. The first-order valence-electron chi connectivity index (χ1n) is 4.98. The van der Waals surface area contributed by atoms with Crippen LogP contribution in [0, 0.1) is 0 Å². The minimum Gasteiger partial charge on any atom is -0.481 e. The summed E-state index contributed by atoms with van der Waals surface area (Å²) in [5.74, 6) is -1.15. The number of hydrogen-bond acceptors (Lipinski definition) is 3. The molecule has 0 radical (unpaired) electrons. The van der Waals surface area contributed by atoms with E-state index in [1.165, 1.54) is 0 Å². The summed E-state index contributed by atoms with van der Waals surface area (Å²) in [5, 5.41) is 15.5. The van der Waals surface area contributed by atoms with E-state index in [1.54, 1.807) is 6.92 Å². The van der Waals surface area contributed by atoms with Crippen molar-refractivity contribution in [2.75, 3.05) is 0 Å². The molecule has 5 nitrogen and oxygen atoms in total. The Bertz CT molecular complexity index is 414. The van der Waals surface area contributed by atoms with Crippen LogP contribution in [0.5, 0.6) is 0 Å². The van der Waals surface area contributed by atoms with Crippen LogP contribution in [0.2, 0.25) is 0 Å². The Morgan fingerprint density at radius 1 is 1.53 bits per heavy atom. The average Bonchev–Trinajstić information content (AvgIpc) is 2.57.